The molecule has 1 heterocycles. The highest BCUT2D eigenvalue weighted by Crippen LogP contribution is 2.35. The minimum atomic E-state index is -0.887. The molecule has 2 N–H and O–H groups in total. The number of allylic oxidation sites excluding steroid dienone is 1. The lowest BCUT2D eigenvalue weighted by Crippen LogP contribution is -2.34. The predicted octanol–water partition coefficient (Wildman–Crippen LogP) is 3.92. The number of carbonyl (C=O) groups is 3. The van der Waals surface area contributed by atoms with Crippen LogP contribution in [0.3, 0.4) is 0 Å². The van der Waals surface area contributed by atoms with E-state index in [0.29, 0.717) is 59.3 Å². The highest BCUT2D eigenvalue weighted by Gasteiger charge is 2.23. The molecule has 1 aliphatic heterocycles. The molecule has 0 aromatic heterocycles. The Bertz CT molecular complexity index is 1180. The Morgan fingerprint density at radius 3 is 2.10 bits per heavy atom. The Balaban J connectivity index is 1.31. The van der Waals surface area contributed by atoms with E-state index in [4.69, 9.17) is 24.1 Å². The van der Waals surface area contributed by atoms with Crippen molar-refractivity contribution in [3.05, 3.63) is 65.2 Å². The molecule has 10 nitrogen and oxygen atoms in total. The monoisotopic (exact) mass is 582 g/mol. The Hall–Kier alpha value is -3.57. The van der Waals surface area contributed by atoms with Crippen molar-refractivity contribution in [2.24, 2.45) is 0 Å². The fraction of sp³-hybridized carbons (Fsp3) is 0.469. The highest BCUT2D eigenvalue weighted by atomic mass is 16.6. The lowest BCUT2D eigenvalue weighted by molar-refractivity contribution is -0.138. The molecule has 2 amide bonds. The number of fused-ring (bicyclic) bond motifs is 2. The van der Waals surface area contributed by atoms with E-state index in [9.17, 15) is 14.4 Å². The first-order chi connectivity index (χ1) is 20.5. The third kappa shape index (κ3) is 11.4. The molecule has 0 spiro atoms. The van der Waals surface area contributed by atoms with Crippen LogP contribution in [-0.4, -0.2) is 82.3 Å². The molecule has 0 saturated carbocycles. The third-order valence-electron chi connectivity index (χ3n) is 6.65. The number of anilines is 1. The minimum absolute atomic E-state index is 0.0194. The van der Waals surface area contributed by atoms with E-state index in [2.05, 4.69) is 30.4 Å². The lowest BCUT2D eigenvalue weighted by atomic mass is 9.93. The van der Waals surface area contributed by atoms with Gasteiger partial charge in [0.15, 0.2) is 0 Å². The van der Waals surface area contributed by atoms with Crippen molar-refractivity contribution in [3.8, 4) is 0 Å². The largest absolute Gasteiger partial charge is 0.481 e. The summed E-state index contributed by atoms with van der Waals surface area (Å²) in [6.45, 7) is 5.75. The summed E-state index contributed by atoms with van der Waals surface area (Å²) in [4.78, 5) is 38.0. The molecule has 10 heteroatoms. The maximum Gasteiger partial charge on any atom is 0.305 e. The normalized spacial score (nSPS) is 13.7. The van der Waals surface area contributed by atoms with Gasteiger partial charge in [0, 0.05) is 24.9 Å². The van der Waals surface area contributed by atoms with E-state index in [1.165, 1.54) is 5.57 Å². The van der Waals surface area contributed by atoms with Gasteiger partial charge in [-0.1, -0.05) is 55.5 Å². The second-order valence-electron chi connectivity index (χ2n) is 9.66. The van der Waals surface area contributed by atoms with Crippen LogP contribution in [0, 0.1) is 0 Å². The minimum Gasteiger partial charge on any atom is -0.481 e. The van der Waals surface area contributed by atoms with Gasteiger partial charge in [0.2, 0.25) is 11.8 Å². The van der Waals surface area contributed by atoms with Gasteiger partial charge >= 0.3 is 5.97 Å². The first-order valence-electron chi connectivity index (χ1n) is 14.5. The Kier molecular flexibility index (Phi) is 14.7. The first-order valence-corrected chi connectivity index (χ1v) is 14.5. The van der Waals surface area contributed by atoms with E-state index in [0.717, 1.165) is 28.8 Å². The Labute approximate surface area is 247 Å². The van der Waals surface area contributed by atoms with Crippen molar-refractivity contribution >= 4 is 35.1 Å². The van der Waals surface area contributed by atoms with Gasteiger partial charge < -0.3 is 34.3 Å². The second kappa shape index (κ2) is 18.8. The van der Waals surface area contributed by atoms with Crippen LogP contribution in [0.15, 0.2) is 48.5 Å². The number of carboxylic acid groups (broad SMARTS) is 1. The van der Waals surface area contributed by atoms with E-state index < -0.39 is 5.97 Å². The lowest BCUT2D eigenvalue weighted by Gasteiger charge is -2.29. The van der Waals surface area contributed by atoms with Crippen LogP contribution < -0.4 is 10.2 Å². The fourth-order valence-electron chi connectivity index (χ4n) is 4.46. The zero-order chi connectivity index (χ0) is 30.0. The molecule has 0 aliphatic carbocycles. The molecular formula is C32H42N2O8. The number of nitrogens with zero attached hydrogens (tertiary/aromatic N) is 1. The van der Waals surface area contributed by atoms with E-state index in [1.807, 2.05) is 36.4 Å². The van der Waals surface area contributed by atoms with Crippen LogP contribution in [0.1, 0.15) is 49.3 Å². The predicted molar refractivity (Wildman–Crippen MR) is 160 cm³/mol. The van der Waals surface area contributed by atoms with Crippen LogP contribution >= 0.6 is 0 Å². The fourth-order valence-corrected chi connectivity index (χ4v) is 4.46. The molecule has 0 bridgehead atoms. The quantitative estimate of drug-likeness (QED) is 0.239. The molecule has 42 heavy (non-hydrogen) atoms. The molecule has 228 valence electrons. The van der Waals surface area contributed by atoms with Crippen LogP contribution in [0.25, 0.3) is 11.6 Å². The van der Waals surface area contributed by atoms with Crippen LogP contribution in [0.4, 0.5) is 5.69 Å². The van der Waals surface area contributed by atoms with Crippen molar-refractivity contribution < 1.29 is 38.4 Å². The summed E-state index contributed by atoms with van der Waals surface area (Å²) in [5.74, 6) is -1.17. The van der Waals surface area contributed by atoms with Crippen molar-refractivity contribution in [1.82, 2.24) is 5.32 Å². The number of carboxylic acids is 1. The number of hydrogen-bond acceptors (Lipinski definition) is 7. The molecule has 2 aromatic carbocycles. The summed E-state index contributed by atoms with van der Waals surface area (Å²) in [5.41, 5.74) is 5.26. The van der Waals surface area contributed by atoms with Gasteiger partial charge in [-0.25, -0.2) is 0 Å². The molecule has 2 aromatic rings. The number of carbonyl (C=O) groups excluding carboxylic acids is 2. The zero-order valence-electron chi connectivity index (χ0n) is 24.3. The van der Waals surface area contributed by atoms with Crippen molar-refractivity contribution in [2.75, 3.05) is 64.3 Å². The number of rotatable bonds is 19. The summed E-state index contributed by atoms with van der Waals surface area (Å²) >= 11 is 0. The summed E-state index contributed by atoms with van der Waals surface area (Å²) in [6, 6.07) is 16.1. The Morgan fingerprint density at radius 2 is 1.40 bits per heavy atom. The first kappa shape index (κ1) is 32.9. The van der Waals surface area contributed by atoms with Gasteiger partial charge in [-0.2, -0.15) is 0 Å². The Morgan fingerprint density at radius 1 is 0.786 bits per heavy atom. The average Bonchev–Trinajstić information content (AvgIpc) is 2.98. The number of benzene rings is 2. The maximum atomic E-state index is 13.4. The number of aliphatic carboxylic acids is 1. The molecular weight excluding hydrogens is 540 g/mol. The number of amides is 2. The molecule has 0 fully saturated rings. The number of nitrogens with one attached hydrogen (secondary N) is 1. The van der Waals surface area contributed by atoms with Crippen molar-refractivity contribution in [3.63, 3.8) is 0 Å². The zero-order valence-corrected chi connectivity index (χ0v) is 24.3. The topological polar surface area (TPSA) is 124 Å². The van der Waals surface area contributed by atoms with Gasteiger partial charge in [0.1, 0.15) is 0 Å². The molecule has 0 saturated heterocycles. The second-order valence-corrected chi connectivity index (χ2v) is 9.66. The molecule has 0 radical (unpaired) electrons. The maximum absolute atomic E-state index is 13.4. The number of hydrogen-bond donors (Lipinski definition) is 2. The van der Waals surface area contributed by atoms with E-state index in [-0.39, 0.29) is 37.7 Å². The van der Waals surface area contributed by atoms with Crippen LogP contribution in [-0.2, 0) is 39.9 Å². The van der Waals surface area contributed by atoms with Crippen LogP contribution in [0.5, 0.6) is 0 Å². The van der Waals surface area contributed by atoms with Crippen LogP contribution in [0.2, 0.25) is 0 Å². The van der Waals surface area contributed by atoms with E-state index >= 15 is 0 Å². The summed E-state index contributed by atoms with van der Waals surface area (Å²) < 4.78 is 21.4. The number of ether oxygens (including phenoxy) is 4. The van der Waals surface area contributed by atoms with Gasteiger partial charge in [0.25, 0.3) is 0 Å². The third-order valence-corrected chi connectivity index (χ3v) is 6.65. The molecule has 0 atom stereocenters. The van der Waals surface area contributed by atoms with Gasteiger partial charge in [-0.3, -0.25) is 14.4 Å². The molecule has 1 aliphatic rings. The average molecular weight is 583 g/mol. The SMILES string of the molecule is CC/C1=C/c2ccccc2CN(C(=O)CCC(=O)NCCOCCOCCOCCOCCC(=O)O)c2ccccc21. The molecule has 0 unspecified atom stereocenters. The molecule has 3 rings (SSSR count). The smallest absolute Gasteiger partial charge is 0.305 e. The summed E-state index contributed by atoms with van der Waals surface area (Å²) in [5, 5.41) is 11.3. The standard InChI is InChI=1S/C32H42N2O8/c1-2-25-23-26-7-3-4-8-27(26)24-34(29-10-6-5-9-28(25)29)31(36)12-11-30(35)33-14-16-40-18-20-42-22-21-41-19-17-39-15-13-32(37)38/h3-10,23H,2,11-22,24H2,1H3,(H,33,35)(H,37,38)/b25-23-. The van der Waals surface area contributed by atoms with Gasteiger partial charge in [0.05, 0.1) is 71.5 Å². The highest BCUT2D eigenvalue weighted by molar-refractivity contribution is 6.00. The number of para-hydroxylation sites is 1. The summed E-state index contributed by atoms with van der Waals surface area (Å²) in [6.07, 6.45) is 3.24. The van der Waals surface area contributed by atoms with E-state index in [1.54, 1.807) is 4.90 Å². The van der Waals surface area contributed by atoms with Gasteiger partial charge in [-0.05, 0) is 29.2 Å². The van der Waals surface area contributed by atoms with Crippen molar-refractivity contribution in [2.45, 2.75) is 39.2 Å². The van der Waals surface area contributed by atoms with Gasteiger partial charge in [-0.15, -0.1) is 0 Å². The summed E-state index contributed by atoms with van der Waals surface area (Å²) in [7, 11) is 0. The van der Waals surface area contributed by atoms with Crippen molar-refractivity contribution in [1.29, 1.82) is 0 Å².